The second-order valence-corrected chi connectivity index (χ2v) is 8.39. The molecule has 0 aliphatic heterocycles. The van der Waals surface area contributed by atoms with Gasteiger partial charge in [-0.1, -0.05) is 29.8 Å². The van der Waals surface area contributed by atoms with Crippen LogP contribution in [0.4, 0.5) is 5.69 Å². The lowest BCUT2D eigenvalue weighted by atomic mass is 10.2. The Kier molecular flexibility index (Phi) is 6.85. The zero-order chi connectivity index (χ0) is 20.0. The van der Waals surface area contributed by atoms with Crippen LogP contribution in [0, 0.1) is 13.8 Å². The number of rotatable bonds is 8. The number of sulfonamides is 1. The van der Waals surface area contributed by atoms with E-state index in [1.54, 1.807) is 19.1 Å². The van der Waals surface area contributed by atoms with E-state index in [1.165, 1.54) is 0 Å². The molecule has 0 saturated carbocycles. The van der Waals surface area contributed by atoms with Gasteiger partial charge < -0.3 is 10.1 Å². The summed E-state index contributed by atoms with van der Waals surface area (Å²) in [6.07, 6.45) is 1.09. The number of carbonyl (C=O) groups excluding carboxylic acids is 1. The van der Waals surface area contributed by atoms with Crippen molar-refractivity contribution in [2.75, 3.05) is 23.7 Å². The molecule has 1 N–H and O–H groups in total. The quantitative estimate of drug-likeness (QED) is 0.703. The Labute approximate surface area is 161 Å². The van der Waals surface area contributed by atoms with E-state index in [0.717, 1.165) is 27.4 Å². The van der Waals surface area contributed by atoms with Crippen molar-refractivity contribution >= 4 is 21.6 Å². The van der Waals surface area contributed by atoms with Gasteiger partial charge >= 0.3 is 0 Å². The first-order valence-corrected chi connectivity index (χ1v) is 10.6. The Morgan fingerprint density at radius 2 is 1.78 bits per heavy atom. The van der Waals surface area contributed by atoms with Crippen LogP contribution in [0.15, 0.2) is 48.5 Å². The number of nitrogens with one attached hydrogen (secondary N) is 1. The summed E-state index contributed by atoms with van der Waals surface area (Å²) in [5.74, 6) is 0.351. The van der Waals surface area contributed by atoms with E-state index in [1.807, 2.05) is 50.2 Å². The fraction of sp³-hybridized carbons (Fsp3) is 0.350. The maximum absolute atomic E-state index is 12.5. The molecule has 146 valence electrons. The van der Waals surface area contributed by atoms with Gasteiger partial charge in [0.1, 0.15) is 18.4 Å². The summed E-state index contributed by atoms with van der Waals surface area (Å²) < 4.78 is 31.2. The lowest BCUT2D eigenvalue weighted by Gasteiger charge is -2.28. The summed E-state index contributed by atoms with van der Waals surface area (Å²) in [5.41, 5.74) is 2.56. The average Bonchev–Trinajstić information content (AvgIpc) is 2.59. The molecule has 0 radical (unpaired) electrons. The van der Waals surface area contributed by atoms with E-state index in [0.29, 0.717) is 12.3 Å². The van der Waals surface area contributed by atoms with Crippen molar-refractivity contribution in [1.82, 2.24) is 5.32 Å². The molecule has 7 heteroatoms. The highest BCUT2D eigenvalue weighted by molar-refractivity contribution is 7.92. The summed E-state index contributed by atoms with van der Waals surface area (Å²) in [4.78, 5) is 12.5. The predicted molar refractivity (Wildman–Crippen MR) is 108 cm³/mol. The second-order valence-electron chi connectivity index (χ2n) is 6.53. The summed E-state index contributed by atoms with van der Waals surface area (Å²) in [6, 6.07) is 13.8. The topological polar surface area (TPSA) is 75.7 Å². The van der Waals surface area contributed by atoms with E-state index >= 15 is 0 Å². The molecule has 0 bridgehead atoms. The molecular weight excluding hydrogens is 364 g/mol. The van der Waals surface area contributed by atoms with Gasteiger partial charge in [-0.15, -0.1) is 0 Å². The van der Waals surface area contributed by atoms with Crippen molar-refractivity contribution in [1.29, 1.82) is 0 Å². The smallest absolute Gasteiger partial charge is 0.243 e. The summed E-state index contributed by atoms with van der Waals surface area (Å²) in [5, 5.41) is 2.73. The van der Waals surface area contributed by atoms with E-state index < -0.39 is 16.1 Å². The van der Waals surface area contributed by atoms with E-state index in [9.17, 15) is 13.2 Å². The van der Waals surface area contributed by atoms with Gasteiger partial charge in [0, 0.05) is 0 Å². The number of nitrogens with zero attached hydrogens (tertiary/aromatic N) is 1. The van der Waals surface area contributed by atoms with Gasteiger partial charge in [-0.25, -0.2) is 8.42 Å². The van der Waals surface area contributed by atoms with Gasteiger partial charge in [0.15, 0.2) is 0 Å². The number of ether oxygens (including phenoxy) is 1. The Morgan fingerprint density at radius 1 is 1.11 bits per heavy atom. The number of amides is 1. The van der Waals surface area contributed by atoms with Crippen LogP contribution in [0.5, 0.6) is 5.75 Å². The first-order valence-electron chi connectivity index (χ1n) is 8.72. The number of hydrogen-bond donors (Lipinski definition) is 1. The molecule has 6 nitrogen and oxygen atoms in total. The number of carbonyl (C=O) groups is 1. The Morgan fingerprint density at radius 3 is 2.37 bits per heavy atom. The molecular formula is C20H26N2O4S. The lowest BCUT2D eigenvalue weighted by Crippen LogP contribution is -2.48. The van der Waals surface area contributed by atoms with Gasteiger partial charge in [0.25, 0.3) is 0 Å². The highest BCUT2D eigenvalue weighted by atomic mass is 32.2. The van der Waals surface area contributed by atoms with Crippen molar-refractivity contribution in [3.63, 3.8) is 0 Å². The fourth-order valence-electron chi connectivity index (χ4n) is 2.70. The molecule has 0 unspecified atom stereocenters. The van der Waals surface area contributed by atoms with E-state index in [4.69, 9.17) is 4.74 Å². The number of anilines is 1. The second kappa shape index (κ2) is 8.90. The monoisotopic (exact) mass is 390 g/mol. The highest BCUT2D eigenvalue weighted by Crippen LogP contribution is 2.21. The minimum absolute atomic E-state index is 0.280. The zero-order valence-electron chi connectivity index (χ0n) is 16.1. The Bertz CT molecular complexity index is 879. The van der Waals surface area contributed by atoms with Crippen molar-refractivity contribution in [2.45, 2.75) is 26.8 Å². The zero-order valence-corrected chi connectivity index (χ0v) is 16.9. The van der Waals surface area contributed by atoms with Crippen molar-refractivity contribution in [3.8, 4) is 5.75 Å². The molecule has 0 fully saturated rings. The molecule has 1 amide bonds. The molecule has 0 spiro atoms. The normalized spacial score (nSPS) is 12.3. The van der Waals surface area contributed by atoms with Gasteiger partial charge in [-0.3, -0.25) is 9.10 Å². The van der Waals surface area contributed by atoms with Gasteiger partial charge in [-0.05, 0) is 50.6 Å². The summed E-state index contributed by atoms with van der Waals surface area (Å²) in [6.45, 7) is 6.03. The lowest BCUT2D eigenvalue weighted by molar-refractivity contribution is -0.121. The van der Waals surface area contributed by atoms with Crippen molar-refractivity contribution in [2.24, 2.45) is 0 Å². The molecule has 0 aliphatic rings. The molecule has 2 rings (SSSR count). The molecule has 0 aromatic heterocycles. The summed E-state index contributed by atoms with van der Waals surface area (Å²) in [7, 11) is -3.61. The number of benzene rings is 2. The van der Waals surface area contributed by atoms with E-state index in [-0.39, 0.29) is 12.5 Å². The maximum Gasteiger partial charge on any atom is 0.243 e. The molecule has 1 atom stereocenters. The number of hydrogen-bond acceptors (Lipinski definition) is 4. The molecule has 27 heavy (non-hydrogen) atoms. The van der Waals surface area contributed by atoms with Crippen molar-refractivity contribution < 1.29 is 17.9 Å². The van der Waals surface area contributed by atoms with Gasteiger partial charge in [0.2, 0.25) is 15.9 Å². The van der Waals surface area contributed by atoms with E-state index in [2.05, 4.69) is 5.32 Å². The Hall–Kier alpha value is -2.54. The third-order valence-electron chi connectivity index (χ3n) is 4.04. The van der Waals surface area contributed by atoms with Crippen LogP contribution in [-0.2, 0) is 14.8 Å². The molecule has 2 aromatic carbocycles. The first kappa shape index (κ1) is 20.8. The van der Waals surface area contributed by atoms with Crippen LogP contribution in [0.25, 0.3) is 0 Å². The minimum atomic E-state index is -3.61. The molecule has 0 saturated heterocycles. The molecule has 0 aliphatic carbocycles. The van der Waals surface area contributed by atoms with Crippen LogP contribution in [-0.4, -0.2) is 39.8 Å². The Balaban J connectivity index is 1.97. The first-order chi connectivity index (χ1) is 12.7. The van der Waals surface area contributed by atoms with Crippen LogP contribution in [0.3, 0.4) is 0 Å². The summed E-state index contributed by atoms with van der Waals surface area (Å²) >= 11 is 0. The standard InChI is InChI=1S/C20H26N2O4S/c1-15-8-10-18(11-9-15)22(27(4,24)25)17(3)20(23)21-12-13-26-19-7-5-6-16(2)14-19/h5-11,14,17H,12-13H2,1-4H3,(H,21,23)/t17-/m0/s1. The highest BCUT2D eigenvalue weighted by Gasteiger charge is 2.28. The van der Waals surface area contributed by atoms with Gasteiger partial charge in [0.05, 0.1) is 18.5 Å². The van der Waals surface area contributed by atoms with Crippen LogP contribution < -0.4 is 14.4 Å². The van der Waals surface area contributed by atoms with Crippen LogP contribution in [0.1, 0.15) is 18.1 Å². The maximum atomic E-state index is 12.5. The minimum Gasteiger partial charge on any atom is -0.492 e. The largest absolute Gasteiger partial charge is 0.492 e. The fourth-order valence-corrected chi connectivity index (χ4v) is 3.87. The van der Waals surface area contributed by atoms with Crippen LogP contribution >= 0.6 is 0 Å². The molecule has 0 heterocycles. The predicted octanol–water partition coefficient (Wildman–Crippen LogP) is 2.65. The SMILES string of the molecule is Cc1ccc(N([C@@H](C)C(=O)NCCOc2cccc(C)c2)S(C)(=O)=O)cc1. The third-order valence-corrected chi connectivity index (χ3v) is 5.28. The number of aryl methyl sites for hydroxylation is 2. The van der Waals surface area contributed by atoms with Gasteiger partial charge in [-0.2, -0.15) is 0 Å². The van der Waals surface area contributed by atoms with Crippen LogP contribution in [0.2, 0.25) is 0 Å². The average molecular weight is 391 g/mol. The molecule has 2 aromatic rings. The van der Waals surface area contributed by atoms with Crippen molar-refractivity contribution in [3.05, 3.63) is 59.7 Å². The third kappa shape index (κ3) is 5.99.